The number of rotatable bonds is 4. The van der Waals surface area contributed by atoms with Gasteiger partial charge in [0.15, 0.2) is 5.60 Å². The molecule has 1 saturated heterocycles. The molecule has 0 aliphatic carbocycles. The summed E-state index contributed by atoms with van der Waals surface area (Å²) in [5, 5.41) is 23.0. The van der Waals surface area contributed by atoms with Crippen molar-refractivity contribution in [3.63, 3.8) is 0 Å². The number of carbonyl (C=O) groups is 1. The van der Waals surface area contributed by atoms with E-state index in [1.54, 1.807) is 24.0 Å². The Morgan fingerprint density at radius 2 is 2.04 bits per heavy atom. The van der Waals surface area contributed by atoms with E-state index >= 15 is 0 Å². The molecule has 1 aromatic rings. The highest BCUT2D eigenvalue weighted by atomic mass is 16.5. The molecule has 1 amide bonds. The molecule has 2 aliphatic rings. The summed E-state index contributed by atoms with van der Waals surface area (Å²) in [4.78, 5) is 16.6. The van der Waals surface area contributed by atoms with Crippen LogP contribution >= 0.6 is 0 Å². The van der Waals surface area contributed by atoms with Gasteiger partial charge < -0.3 is 15.1 Å². The molecule has 2 N–H and O–H groups in total. The fourth-order valence-corrected chi connectivity index (χ4v) is 3.17. The van der Waals surface area contributed by atoms with Crippen LogP contribution in [-0.2, 0) is 15.1 Å². The largest absolute Gasteiger partial charge is 0.411 e. The zero-order chi connectivity index (χ0) is 16.4. The topological polar surface area (TPSA) is 85.6 Å². The summed E-state index contributed by atoms with van der Waals surface area (Å²) in [6.07, 6.45) is -0.0288. The summed E-state index contributed by atoms with van der Waals surface area (Å²) in [7, 11) is 0. The first-order chi connectivity index (χ1) is 11.1. The van der Waals surface area contributed by atoms with Gasteiger partial charge in [-0.2, -0.15) is 0 Å². The Balaban J connectivity index is 1.91. The summed E-state index contributed by atoms with van der Waals surface area (Å²) >= 11 is 0. The van der Waals surface area contributed by atoms with Crippen LogP contribution in [-0.4, -0.2) is 59.8 Å². The Bertz CT molecular complexity index is 628. The number of oxime groups is 1. The Morgan fingerprint density at radius 3 is 2.74 bits per heavy atom. The van der Waals surface area contributed by atoms with Crippen molar-refractivity contribution >= 4 is 17.3 Å². The van der Waals surface area contributed by atoms with Gasteiger partial charge in [0.1, 0.15) is 0 Å². The van der Waals surface area contributed by atoms with Gasteiger partial charge in [-0.3, -0.25) is 14.6 Å². The normalized spacial score (nSPS) is 25.7. The molecular formula is C16H21N3O4. The van der Waals surface area contributed by atoms with Crippen LogP contribution in [0.1, 0.15) is 18.9 Å². The molecule has 23 heavy (non-hydrogen) atoms. The Labute approximate surface area is 134 Å². The number of nitrogens with zero attached hydrogens (tertiary/aromatic N) is 3. The van der Waals surface area contributed by atoms with Crippen LogP contribution in [0.2, 0.25) is 0 Å². The second-order valence-corrected chi connectivity index (χ2v) is 5.99. The van der Waals surface area contributed by atoms with Crippen molar-refractivity contribution in [2.45, 2.75) is 18.9 Å². The molecule has 0 unspecified atom stereocenters. The van der Waals surface area contributed by atoms with E-state index in [0.717, 1.165) is 13.1 Å². The van der Waals surface area contributed by atoms with Crippen LogP contribution < -0.4 is 4.90 Å². The van der Waals surface area contributed by atoms with E-state index in [4.69, 9.17) is 9.94 Å². The van der Waals surface area contributed by atoms with Gasteiger partial charge in [-0.1, -0.05) is 23.4 Å². The molecule has 1 atom stereocenters. The first-order valence-corrected chi connectivity index (χ1v) is 7.68. The number of ether oxygens (including phenoxy) is 1. The highest BCUT2D eigenvalue weighted by Crippen LogP contribution is 2.42. The highest BCUT2D eigenvalue weighted by Gasteiger charge is 2.50. The summed E-state index contributed by atoms with van der Waals surface area (Å²) in [5.74, 6) is -0.381. The zero-order valence-corrected chi connectivity index (χ0v) is 13.1. The number of hydrogen-bond donors (Lipinski definition) is 2. The van der Waals surface area contributed by atoms with E-state index in [-0.39, 0.29) is 12.3 Å². The van der Waals surface area contributed by atoms with Gasteiger partial charge in [0.2, 0.25) is 0 Å². The van der Waals surface area contributed by atoms with Crippen molar-refractivity contribution in [2.24, 2.45) is 5.16 Å². The number of hydrogen-bond acceptors (Lipinski definition) is 6. The van der Waals surface area contributed by atoms with Crippen molar-refractivity contribution in [3.05, 3.63) is 29.8 Å². The van der Waals surface area contributed by atoms with E-state index in [1.165, 1.54) is 0 Å². The third-order valence-corrected chi connectivity index (χ3v) is 4.37. The highest BCUT2D eigenvalue weighted by molar-refractivity contribution is 6.09. The minimum absolute atomic E-state index is 0.0288. The van der Waals surface area contributed by atoms with Gasteiger partial charge >= 0.3 is 0 Å². The van der Waals surface area contributed by atoms with Gasteiger partial charge in [-0.05, 0) is 13.0 Å². The molecule has 0 aromatic heterocycles. The number of amides is 1. The monoisotopic (exact) mass is 319 g/mol. The maximum Gasteiger partial charge on any atom is 0.265 e. The van der Waals surface area contributed by atoms with Crippen molar-refractivity contribution in [3.8, 4) is 0 Å². The standard InChI is InChI=1S/C16H21N3O4/c1-12(17-22)10-16(21)13-4-2-3-5-14(13)19(15(16)20)11-18-6-8-23-9-7-18/h2-5,21-22H,6-11H2,1H3/b17-12-/t16-/m0/s1. The minimum atomic E-state index is -1.68. The molecule has 2 aliphatic heterocycles. The fourth-order valence-electron chi connectivity index (χ4n) is 3.17. The van der Waals surface area contributed by atoms with Crippen LogP contribution in [0.15, 0.2) is 29.4 Å². The molecule has 0 spiro atoms. The van der Waals surface area contributed by atoms with Crippen molar-refractivity contribution in [2.75, 3.05) is 37.9 Å². The lowest BCUT2D eigenvalue weighted by Gasteiger charge is -2.31. The van der Waals surface area contributed by atoms with Crippen LogP contribution in [0, 0.1) is 0 Å². The lowest BCUT2D eigenvalue weighted by Crippen LogP contribution is -2.48. The Morgan fingerprint density at radius 1 is 1.35 bits per heavy atom. The van der Waals surface area contributed by atoms with Crippen molar-refractivity contribution < 1.29 is 19.8 Å². The third-order valence-electron chi connectivity index (χ3n) is 4.37. The number of carbonyl (C=O) groups excluding carboxylic acids is 1. The van der Waals surface area contributed by atoms with Crippen molar-refractivity contribution in [1.82, 2.24) is 4.90 Å². The number of benzene rings is 1. The molecular weight excluding hydrogens is 298 g/mol. The zero-order valence-electron chi connectivity index (χ0n) is 13.1. The summed E-state index contributed by atoms with van der Waals surface area (Å²) < 4.78 is 5.33. The Kier molecular flexibility index (Phi) is 4.34. The van der Waals surface area contributed by atoms with Gasteiger partial charge in [0.25, 0.3) is 5.91 Å². The SMILES string of the molecule is C/C(C[C@@]1(O)C(=O)N(CN2CCOCC2)c2ccccc21)=N/O. The summed E-state index contributed by atoms with van der Waals surface area (Å²) in [6, 6.07) is 7.21. The molecule has 0 radical (unpaired) electrons. The maximum atomic E-state index is 12.9. The molecule has 3 rings (SSSR count). The van der Waals surface area contributed by atoms with Crippen LogP contribution in [0.4, 0.5) is 5.69 Å². The first kappa shape index (κ1) is 15.9. The van der Waals surface area contributed by atoms with E-state index in [0.29, 0.717) is 36.8 Å². The average molecular weight is 319 g/mol. The second-order valence-electron chi connectivity index (χ2n) is 5.99. The molecule has 1 aromatic carbocycles. The van der Waals surface area contributed by atoms with E-state index in [2.05, 4.69) is 10.1 Å². The summed E-state index contributed by atoms with van der Waals surface area (Å²) in [5.41, 5.74) is -0.110. The Hall–Kier alpha value is -1.96. The fraction of sp³-hybridized carbons (Fsp3) is 0.500. The minimum Gasteiger partial charge on any atom is -0.411 e. The van der Waals surface area contributed by atoms with Crippen molar-refractivity contribution in [1.29, 1.82) is 0 Å². The molecule has 0 bridgehead atoms. The predicted octanol–water partition coefficient (Wildman–Crippen LogP) is 0.751. The quantitative estimate of drug-likeness (QED) is 0.486. The van der Waals surface area contributed by atoms with E-state index in [9.17, 15) is 9.90 Å². The third kappa shape index (κ3) is 2.83. The van der Waals surface area contributed by atoms with Gasteiger partial charge in [-0.15, -0.1) is 0 Å². The first-order valence-electron chi connectivity index (χ1n) is 7.68. The smallest absolute Gasteiger partial charge is 0.265 e. The number of morpholine rings is 1. The number of anilines is 1. The molecule has 2 heterocycles. The predicted molar refractivity (Wildman–Crippen MR) is 84.6 cm³/mol. The maximum absolute atomic E-state index is 12.9. The summed E-state index contributed by atoms with van der Waals surface area (Å²) in [6.45, 7) is 4.78. The second kappa shape index (κ2) is 6.27. The lowest BCUT2D eigenvalue weighted by atomic mass is 9.90. The average Bonchev–Trinajstić information content (AvgIpc) is 2.78. The lowest BCUT2D eigenvalue weighted by molar-refractivity contribution is -0.136. The number of aliphatic hydroxyl groups is 1. The van der Waals surface area contributed by atoms with E-state index < -0.39 is 5.60 Å². The van der Waals surface area contributed by atoms with Gasteiger partial charge in [-0.25, -0.2) is 0 Å². The molecule has 7 heteroatoms. The van der Waals surface area contributed by atoms with Gasteiger partial charge in [0.05, 0.1) is 31.3 Å². The number of fused-ring (bicyclic) bond motifs is 1. The molecule has 0 saturated carbocycles. The van der Waals surface area contributed by atoms with Crippen LogP contribution in [0.5, 0.6) is 0 Å². The van der Waals surface area contributed by atoms with Crippen LogP contribution in [0.3, 0.4) is 0 Å². The molecule has 7 nitrogen and oxygen atoms in total. The van der Waals surface area contributed by atoms with E-state index in [1.807, 2.05) is 12.1 Å². The molecule has 124 valence electrons. The van der Waals surface area contributed by atoms with Gasteiger partial charge in [0, 0.05) is 25.1 Å². The number of para-hydroxylation sites is 1. The van der Waals surface area contributed by atoms with Crippen LogP contribution in [0.25, 0.3) is 0 Å². The molecule has 1 fully saturated rings.